The molecule has 0 atom stereocenters. The molecule has 19 nitrogen and oxygen atoms in total. The summed E-state index contributed by atoms with van der Waals surface area (Å²) in [4.78, 5) is 24.0. The zero-order chi connectivity index (χ0) is 60.1. The molecule has 1 N–H and O–H groups in total. The van der Waals surface area contributed by atoms with Crippen molar-refractivity contribution < 1.29 is 47.4 Å². The lowest BCUT2D eigenvalue weighted by molar-refractivity contribution is 0.301. The van der Waals surface area contributed by atoms with Crippen LogP contribution in [-0.4, -0.2) is 113 Å². The smallest absolute Gasteiger partial charge is 0.203 e. The Morgan fingerprint density at radius 1 is 0.391 bits per heavy atom. The highest BCUT2D eigenvalue weighted by Crippen LogP contribution is 2.47. The number of allylic oxidation sites excluding steroid dienone is 18. The van der Waals surface area contributed by atoms with E-state index in [4.69, 9.17) is 67.3 Å². The number of ether oxygens (including phenoxy) is 10. The first-order valence-corrected chi connectivity index (χ1v) is 27.7. The van der Waals surface area contributed by atoms with Gasteiger partial charge in [0.15, 0.2) is 34.5 Å². The molecule has 0 saturated carbocycles. The van der Waals surface area contributed by atoms with Crippen LogP contribution in [-0.2, 0) is 13.2 Å². The summed E-state index contributed by atoms with van der Waals surface area (Å²) in [6.45, 7) is 1.56. The molecular formula is C68H61N9O10. The number of rotatable bonds is 19. The van der Waals surface area contributed by atoms with E-state index in [2.05, 4.69) is 57.2 Å². The normalized spacial score (nSPS) is 16.2. The minimum Gasteiger partial charge on any atom is -0.493 e. The summed E-state index contributed by atoms with van der Waals surface area (Å²) in [6, 6.07) is 19.2. The molecule has 12 rings (SSSR count). The molecule has 0 spiro atoms. The van der Waals surface area contributed by atoms with Crippen LogP contribution in [0.2, 0.25) is 0 Å². The Balaban J connectivity index is 0.976. The molecule has 0 saturated heterocycles. The second kappa shape index (κ2) is 24.6. The average Bonchev–Trinajstić information content (AvgIpc) is 2.33. The van der Waals surface area contributed by atoms with E-state index in [1.165, 1.54) is 0 Å². The summed E-state index contributed by atoms with van der Waals surface area (Å²) >= 11 is 0. The molecule has 4 aromatic carbocycles. The first-order chi connectivity index (χ1) is 42.7. The standard InChI is InChI=1S/C68H61N9O10/c1-78-56-32-43(33-57(79-2)66(56)84-7)63-50-16-14-48(70-50)62(42-10-12-47(13-11-42)87-39-46-38-77(75-74-46)31-30-76-28-24-41(25-29-76)40-22-26-69-27-23-40)49-15-17-51(71-49)64(44-34-58(80-3)67(85-8)59(35-44)81-4)53-19-21-55(73-53)65(54-20-18-52(63)72-54)45-36-60(82-5)68(86-9)61(37-45)83-6/h10-29,32-38,69H,30-31,39H2,1-9H3. The lowest BCUT2D eigenvalue weighted by Gasteiger charge is -2.19. The summed E-state index contributed by atoms with van der Waals surface area (Å²) in [5, 5.41) is 11.9. The average molecular weight is 1160 g/mol. The summed E-state index contributed by atoms with van der Waals surface area (Å²) in [7, 11) is 14.2. The van der Waals surface area contributed by atoms with Crippen molar-refractivity contribution in [2.45, 2.75) is 13.2 Å². The number of methoxy groups -OCH3 is 9. The van der Waals surface area contributed by atoms with Crippen LogP contribution in [0, 0.1) is 0 Å². The second-order valence-corrected chi connectivity index (χ2v) is 20.0. The van der Waals surface area contributed by atoms with Crippen molar-refractivity contribution >= 4 is 45.1 Å². The van der Waals surface area contributed by atoms with Crippen LogP contribution in [0.5, 0.6) is 57.5 Å². The van der Waals surface area contributed by atoms with E-state index < -0.39 is 0 Å². The maximum atomic E-state index is 6.35. The van der Waals surface area contributed by atoms with Crippen LogP contribution in [0.25, 0.3) is 22.3 Å². The van der Waals surface area contributed by atoms with E-state index >= 15 is 0 Å². The fraction of sp³-hybridized carbons (Fsp3) is 0.176. The summed E-state index contributed by atoms with van der Waals surface area (Å²) < 4.78 is 61.1. The molecule has 1 aromatic heterocycles. The van der Waals surface area contributed by atoms with Crippen molar-refractivity contribution in [1.82, 2.24) is 25.2 Å². The third-order valence-corrected chi connectivity index (χ3v) is 15.1. The van der Waals surface area contributed by atoms with E-state index in [0.717, 1.165) is 28.8 Å². The Morgan fingerprint density at radius 2 is 0.759 bits per heavy atom. The summed E-state index contributed by atoms with van der Waals surface area (Å²) in [5.74, 6) is 4.65. The second-order valence-electron chi connectivity index (χ2n) is 20.0. The minimum atomic E-state index is 0.212. The maximum absolute atomic E-state index is 6.35. The van der Waals surface area contributed by atoms with Crippen LogP contribution in [0.3, 0.4) is 0 Å². The molecule has 7 aliphatic rings. The molecule has 8 bridgehead atoms. The van der Waals surface area contributed by atoms with Crippen LogP contribution in [0.4, 0.5) is 0 Å². The van der Waals surface area contributed by atoms with E-state index in [0.29, 0.717) is 149 Å². The van der Waals surface area contributed by atoms with Gasteiger partial charge in [0.25, 0.3) is 0 Å². The van der Waals surface area contributed by atoms with Crippen molar-refractivity contribution in [3.63, 3.8) is 0 Å². The van der Waals surface area contributed by atoms with Gasteiger partial charge in [0, 0.05) is 53.6 Å². The Bertz CT molecular complexity index is 4040. The zero-order valence-corrected chi connectivity index (χ0v) is 49.4. The van der Waals surface area contributed by atoms with Gasteiger partial charge < -0.3 is 57.6 Å². The van der Waals surface area contributed by atoms with Crippen LogP contribution >= 0.6 is 0 Å². The van der Waals surface area contributed by atoms with Gasteiger partial charge in [-0.1, -0.05) is 17.3 Å². The molecule has 7 aliphatic heterocycles. The fourth-order valence-corrected chi connectivity index (χ4v) is 10.9. The summed E-state index contributed by atoms with van der Waals surface area (Å²) in [6.07, 6.45) is 34.0. The van der Waals surface area contributed by atoms with Crippen molar-refractivity contribution in [3.05, 3.63) is 226 Å². The summed E-state index contributed by atoms with van der Waals surface area (Å²) in [5.41, 5.74) is 13.6. The molecule has 0 unspecified atom stereocenters. The quantitative estimate of drug-likeness (QED) is 0.0822. The van der Waals surface area contributed by atoms with Gasteiger partial charge in [-0.3, -0.25) is 4.68 Å². The zero-order valence-electron chi connectivity index (χ0n) is 49.4. The van der Waals surface area contributed by atoms with Gasteiger partial charge in [0.05, 0.1) is 122 Å². The predicted molar refractivity (Wildman–Crippen MR) is 336 cm³/mol. The molecule has 0 fully saturated rings. The molecule has 0 amide bonds. The molecular weight excluding hydrogens is 1100 g/mol. The Hall–Kier alpha value is -11.1. The van der Waals surface area contributed by atoms with Crippen LogP contribution in [0.15, 0.2) is 218 Å². The number of aromatic nitrogens is 3. The first-order valence-electron chi connectivity index (χ1n) is 27.7. The number of hydrogen-bond donors (Lipinski definition) is 1. The van der Waals surface area contributed by atoms with Crippen molar-refractivity contribution in [1.29, 1.82) is 0 Å². The van der Waals surface area contributed by atoms with Gasteiger partial charge in [0.1, 0.15) is 18.1 Å². The fourth-order valence-electron chi connectivity index (χ4n) is 10.9. The van der Waals surface area contributed by atoms with Crippen molar-refractivity contribution in [2.75, 3.05) is 70.5 Å². The van der Waals surface area contributed by atoms with E-state index in [-0.39, 0.29) is 6.61 Å². The number of dihydropyridines is 1. The van der Waals surface area contributed by atoms with Gasteiger partial charge >= 0.3 is 0 Å². The third-order valence-electron chi connectivity index (χ3n) is 15.1. The largest absolute Gasteiger partial charge is 0.493 e. The van der Waals surface area contributed by atoms with Crippen LogP contribution < -0.4 is 52.7 Å². The minimum absolute atomic E-state index is 0.212. The molecule has 5 aromatic rings. The van der Waals surface area contributed by atoms with E-state index in [1.807, 2.05) is 133 Å². The van der Waals surface area contributed by atoms with Crippen LogP contribution in [0.1, 0.15) is 27.9 Å². The molecule has 0 aliphatic carbocycles. The number of nitrogens with one attached hydrogen (secondary N) is 1. The molecule has 438 valence electrons. The van der Waals surface area contributed by atoms with Crippen molar-refractivity contribution in [2.24, 2.45) is 20.0 Å². The number of nitrogens with zero attached hydrogens (tertiary/aromatic N) is 8. The van der Waals surface area contributed by atoms with Gasteiger partial charge in [-0.2, -0.15) is 0 Å². The molecule has 19 heteroatoms. The maximum Gasteiger partial charge on any atom is 0.203 e. The Kier molecular flexibility index (Phi) is 16.0. The van der Waals surface area contributed by atoms with Gasteiger partial charge in [-0.25, -0.2) is 20.0 Å². The van der Waals surface area contributed by atoms with Gasteiger partial charge in [0.2, 0.25) is 17.2 Å². The third kappa shape index (κ3) is 11.0. The molecule has 8 heterocycles. The first kappa shape index (κ1) is 56.4. The highest BCUT2D eigenvalue weighted by atomic mass is 16.5. The SMILES string of the molecule is COc1cc(C2=C3C=CC(=N3)C(c3cc(OC)c(OC)c(OC)c3)=C3C=CC(=N3)C(c3cc(OC)c(OC)c(OC)c3)=C3C=CC(=N3)C(c3ccc(OCc4cn(CCN5C=CC(=C6C=CNC=C6)C=C5)nn4)cc3)=C3C=CC2=N3)cc(OC)c1OC. The number of hydrogen-bond acceptors (Lipinski definition) is 18. The van der Waals surface area contributed by atoms with Crippen molar-refractivity contribution in [3.8, 4) is 57.5 Å². The monoisotopic (exact) mass is 1160 g/mol. The van der Waals surface area contributed by atoms with E-state index in [9.17, 15) is 0 Å². The lowest BCUT2D eigenvalue weighted by atomic mass is 9.97. The van der Waals surface area contributed by atoms with Gasteiger partial charge in [-0.15, -0.1) is 5.10 Å². The Labute approximate surface area is 503 Å². The Morgan fingerprint density at radius 3 is 1.13 bits per heavy atom. The topological polar surface area (TPSA) is 188 Å². The predicted octanol–water partition coefficient (Wildman–Crippen LogP) is 11.2. The highest BCUT2D eigenvalue weighted by molar-refractivity contribution is 6.39. The number of fused-ring (bicyclic) bond motifs is 4. The lowest BCUT2D eigenvalue weighted by Crippen LogP contribution is -2.19. The molecule has 87 heavy (non-hydrogen) atoms. The van der Waals surface area contributed by atoms with Gasteiger partial charge in [-0.05, 0) is 155 Å². The number of benzene rings is 4. The van der Waals surface area contributed by atoms with E-state index in [1.54, 1.807) is 64.0 Å². The highest BCUT2D eigenvalue weighted by Gasteiger charge is 2.31. The number of aliphatic imine (C=N–C) groups is 4. The molecule has 0 radical (unpaired) electrons.